The van der Waals surface area contributed by atoms with E-state index < -0.39 is 0 Å². The fourth-order valence-corrected chi connectivity index (χ4v) is 6.90. The van der Waals surface area contributed by atoms with Crippen LogP contribution >= 0.6 is 0 Å². The smallest absolute Gasteiger partial charge is 0.331 e. The fraction of sp³-hybridized carbons (Fsp3) is 0.667. The molecule has 0 saturated heterocycles. The number of carbonyl (C=O) groups excluding carboxylic acids is 3. The average Bonchev–Trinajstić information content (AvgIpc) is 3.03. The normalized spacial score (nSPS) is 48.0. The molecule has 4 nitrogen and oxygen atoms in total. The molecule has 6 atom stereocenters. The zero-order chi connectivity index (χ0) is 17.6. The van der Waals surface area contributed by atoms with Gasteiger partial charge in [0, 0.05) is 30.3 Å². The fourth-order valence-electron chi connectivity index (χ4n) is 6.90. The Labute approximate surface area is 147 Å². The summed E-state index contributed by atoms with van der Waals surface area (Å²) < 4.78 is 5.50. The number of hydrogen-bond acceptors (Lipinski definition) is 4. The predicted octanol–water partition coefficient (Wildman–Crippen LogP) is 3.16. The maximum absolute atomic E-state index is 13.3. The standard InChI is InChI=1S/C21H24O4/c1-20-6-5-12(22)7-11(20)3-4-13-14-8-17-15(9-18(24)25-17)21(14,2)10-16(23)19(13)20/h7,9,13-14,17,19H,3-6,8,10H2,1-2H3/t13-,14-,17+,19+,20+,21-/m1/s1. The molecule has 0 aromatic carbocycles. The molecular weight excluding hydrogens is 316 g/mol. The maximum atomic E-state index is 13.3. The van der Waals surface area contributed by atoms with E-state index in [0.717, 1.165) is 31.3 Å². The molecule has 4 aliphatic carbocycles. The largest absolute Gasteiger partial charge is 0.455 e. The van der Waals surface area contributed by atoms with Crippen molar-refractivity contribution < 1.29 is 19.1 Å². The van der Waals surface area contributed by atoms with Crippen LogP contribution in [0.25, 0.3) is 0 Å². The molecule has 132 valence electrons. The van der Waals surface area contributed by atoms with Crippen molar-refractivity contribution in [1.82, 2.24) is 0 Å². The summed E-state index contributed by atoms with van der Waals surface area (Å²) in [4.78, 5) is 36.9. The molecule has 0 aromatic rings. The van der Waals surface area contributed by atoms with Gasteiger partial charge in [0.25, 0.3) is 0 Å². The molecule has 0 spiro atoms. The van der Waals surface area contributed by atoms with E-state index >= 15 is 0 Å². The third-order valence-corrected chi connectivity index (χ3v) is 8.05. The van der Waals surface area contributed by atoms with Crippen LogP contribution in [-0.4, -0.2) is 23.6 Å². The van der Waals surface area contributed by atoms with E-state index in [2.05, 4.69) is 13.8 Å². The highest BCUT2D eigenvalue weighted by Gasteiger charge is 2.64. The second kappa shape index (κ2) is 4.72. The van der Waals surface area contributed by atoms with Gasteiger partial charge < -0.3 is 4.74 Å². The Hall–Kier alpha value is -1.71. The molecule has 5 aliphatic rings. The van der Waals surface area contributed by atoms with Crippen molar-refractivity contribution in [3.8, 4) is 0 Å². The van der Waals surface area contributed by atoms with Gasteiger partial charge in [-0.05, 0) is 54.6 Å². The minimum Gasteiger partial charge on any atom is -0.455 e. The van der Waals surface area contributed by atoms with Gasteiger partial charge in [-0.25, -0.2) is 4.79 Å². The number of hydrogen-bond donors (Lipinski definition) is 0. The van der Waals surface area contributed by atoms with Crippen molar-refractivity contribution in [2.24, 2.45) is 28.6 Å². The number of rotatable bonds is 0. The van der Waals surface area contributed by atoms with Crippen LogP contribution in [0.1, 0.15) is 52.4 Å². The molecule has 5 rings (SSSR count). The first kappa shape index (κ1) is 15.5. The molecular formula is C21H24O4. The molecule has 0 bridgehead atoms. The van der Waals surface area contributed by atoms with Crippen molar-refractivity contribution in [3.05, 3.63) is 23.3 Å². The topological polar surface area (TPSA) is 60.4 Å². The highest BCUT2D eigenvalue weighted by molar-refractivity contribution is 5.93. The molecule has 0 aromatic heterocycles. The molecule has 25 heavy (non-hydrogen) atoms. The lowest BCUT2D eigenvalue weighted by Crippen LogP contribution is -2.54. The van der Waals surface area contributed by atoms with Crippen LogP contribution in [0.15, 0.2) is 23.3 Å². The first-order chi connectivity index (χ1) is 11.8. The van der Waals surface area contributed by atoms with Gasteiger partial charge in [0.05, 0.1) is 0 Å². The highest BCUT2D eigenvalue weighted by Crippen LogP contribution is 2.66. The van der Waals surface area contributed by atoms with Gasteiger partial charge in [-0.3, -0.25) is 9.59 Å². The second-order valence-electron chi connectivity index (χ2n) is 9.16. The average molecular weight is 340 g/mol. The van der Waals surface area contributed by atoms with E-state index in [1.165, 1.54) is 5.57 Å². The van der Waals surface area contributed by atoms with Crippen LogP contribution in [0.5, 0.6) is 0 Å². The molecule has 1 aliphatic heterocycles. The number of Topliss-reactive ketones (excluding diaryl/α,β-unsaturated/α-hetero) is 1. The Bertz CT molecular complexity index is 775. The summed E-state index contributed by atoms with van der Waals surface area (Å²) in [5.41, 5.74) is 1.88. The Morgan fingerprint density at radius 2 is 1.88 bits per heavy atom. The first-order valence-electron chi connectivity index (χ1n) is 9.52. The van der Waals surface area contributed by atoms with Gasteiger partial charge in [-0.1, -0.05) is 19.4 Å². The van der Waals surface area contributed by atoms with Gasteiger partial charge >= 0.3 is 5.97 Å². The van der Waals surface area contributed by atoms with Crippen molar-refractivity contribution in [2.45, 2.75) is 58.5 Å². The molecule has 0 unspecified atom stereocenters. The molecule has 0 radical (unpaired) electrons. The number of allylic oxidation sites excluding steroid dienone is 1. The summed E-state index contributed by atoms with van der Waals surface area (Å²) in [5, 5.41) is 0. The summed E-state index contributed by atoms with van der Waals surface area (Å²) in [6.45, 7) is 4.37. The minimum atomic E-state index is -0.249. The van der Waals surface area contributed by atoms with Crippen molar-refractivity contribution in [1.29, 1.82) is 0 Å². The van der Waals surface area contributed by atoms with Gasteiger partial charge in [0.1, 0.15) is 11.9 Å². The summed E-state index contributed by atoms with van der Waals surface area (Å²) >= 11 is 0. The van der Waals surface area contributed by atoms with Crippen LogP contribution < -0.4 is 0 Å². The van der Waals surface area contributed by atoms with E-state index in [1.54, 1.807) is 6.08 Å². The lowest BCUT2D eigenvalue weighted by molar-refractivity contribution is -0.144. The van der Waals surface area contributed by atoms with Crippen LogP contribution in [0.3, 0.4) is 0 Å². The molecule has 0 amide bonds. The van der Waals surface area contributed by atoms with Crippen molar-refractivity contribution in [2.75, 3.05) is 0 Å². The number of ether oxygens (including phenoxy) is 1. The second-order valence-corrected chi connectivity index (χ2v) is 9.16. The summed E-state index contributed by atoms with van der Waals surface area (Å²) in [6.07, 6.45) is 7.98. The number of fused-ring (bicyclic) bond motifs is 7. The number of esters is 1. The Kier molecular flexibility index (Phi) is 2.93. The van der Waals surface area contributed by atoms with E-state index in [9.17, 15) is 14.4 Å². The number of carbonyl (C=O) groups is 3. The van der Waals surface area contributed by atoms with Crippen molar-refractivity contribution >= 4 is 17.5 Å². The third kappa shape index (κ3) is 1.86. The van der Waals surface area contributed by atoms with Crippen LogP contribution in [-0.2, 0) is 19.1 Å². The van der Waals surface area contributed by atoms with E-state index in [1.807, 2.05) is 6.08 Å². The van der Waals surface area contributed by atoms with Crippen LogP contribution in [0.2, 0.25) is 0 Å². The molecule has 3 fully saturated rings. The zero-order valence-corrected chi connectivity index (χ0v) is 14.8. The predicted molar refractivity (Wildman–Crippen MR) is 90.4 cm³/mol. The van der Waals surface area contributed by atoms with E-state index in [4.69, 9.17) is 4.74 Å². The van der Waals surface area contributed by atoms with Crippen LogP contribution in [0.4, 0.5) is 0 Å². The van der Waals surface area contributed by atoms with Gasteiger partial charge in [-0.2, -0.15) is 0 Å². The van der Waals surface area contributed by atoms with Gasteiger partial charge in [0.15, 0.2) is 5.78 Å². The summed E-state index contributed by atoms with van der Waals surface area (Å²) in [5.74, 6) is 1.05. The SMILES string of the molecule is C[C@@]12CC(=O)[C@@H]3[C@H](CCC4=CC(=O)CC[C@@]43C)[C@H]1C[C@@H]1OC(=O)C=C12. The molecule has 1 heterocycles. The van der Waals surface area contributed by atoms with E-state index in [-0.39, 0.29) is 34.6 Å². The third-order valence-electron chi connectivity index (χ3n) is 8.05. The van der Waals surface area contributed by atoms with Crippen LogP contribution in [0, 0.1) is 28.6 Å². The number of ketones is 2. The van der Waals surface area contributed by atoms with Gasteiger partial charge in [-0.15, -0.1) is 0 Å². The lowest BCUT2D eigenvalue weighted by Gasteiger charge is -2.56. The summed E-state index contributed by atoms with van der Waals surface area (Å²) in [7, 11) is 0. The lowest BCUT2D eigenvalue weighted by atomic mass is 9.47. The monoisotopic (exact) mass is 340 g/mol. The quantitative estimate of drug-likeness (QED) is 0.636. The zero-order valence-electron chi connectivity index (χ0n) is 14.8. The molecule has 3 saturated carbocycles. The Morgan fingerprint density at radius 3 is 2.68 bits per heavy atom. The Balaban J connectivity index is 1.57. The first-order valence-corrected chi connectivity index (χ1v) is 9.52. The van der Waals surface area contributed by atoms with Crippen molar-refractivity contribution in [3.63, 3.8) is 0 Å². The molecule has 0 N–H and O–H groups in total. The highest BCUT2D eigenvalue weighted by atomic mass is 16.5. The van der Waals surface area contributed by atoms with Gasteiger partial charge in [0.2, 0.25) is 0 Å². The minimum absolute atomic E-state index is 0.0220. The maximum Gasteiger partial charge on any atom is 0.331 e. The van der Waals surface area contributed by atoms with E-state index in [0.29, 0.717) is 30.5 Å². The summed E-state index contributed by atoms with van der Waals surface area (Å²) in [6, 6.07) is 0. The Morgan fingerprint density at radius 1 is 1.08 bits per heavy atom. The molecule has 4 heteroatoms.